The van der Waals surface area contributed by atoms with Gasteiger partial charge in [0, 0.05) is 12.1 Å². The first-order valence-electron chi connectivity index (χ1n) is 10.2. The third-order valence-electron chi connectivity index (χ3n) is 5.71. The number of carboxylic acid groups (broad SMARTS) is 1. The molecule has 3 rings (SSSR count). The number of carbonyl (C=O) groups is 1. The maximum atomic E-state index is 13.4. The number of aromatic carboxylic acids is 1. The fraction of sp³-hybridized carbons (Fsp3) is 0.409. The number of alkyl halides is 3. The van der Waals surface area contributed by atoms with Gasteiger partial charge in [0.15, 0.2) is 0 Å². The van der Waals surface area contributed by atoms with Crippen molar-refractivity contribution in [1.82, 2.24) is 0 Å². The molecule has 1 fully saturated rings. The van der Waals surface area contributed by atoms with Gasteiger partial charge in [-0.2, -0.15) is 13.2 Å². The number of ether oxygens (including phenoxy) is 1. The topological polar surface area (TPSA) is 95.9 Å². The fourth-order valence-electron chi connectivity index (χ4n) is 3.96. The van der Waals surface area contributed by atoms with Gasteiger partial charge >= 0.3 is 12.1 Å². The summed E-state index contributed by atoms with van der Waals surface area (Å²) in [5, 5.41) is 9.24. The molecule has 1 saturated heterocycles. The van der Waals surface area contributed by atoms with Gasteiger partial charge in [0.1, 0.15) is 10.6 Å². The van der Waals surface area contributed by atoms with Crippen LogP contribution in [0, 0.1) is 0 Å². The number of anilines is 2. The van der Waals surface area contributed by atoms with E-state index in [9.17, 15) is 31.5 Å². The van der Waals surface area contributed by atoms with Crippen LogP contribution in [0.4, 0.5) is 24.5 Å². The van der Waals surface area contributed by atoms with Gasteiger partial charge in [0.05, 0.1) is 29.6 Å². The second kappa shape index (κ2) is 8.77. The maximum absolute atomic E-state index is 13.4. The van der Waals surface area contributed by atoms with E-state index in [0.717, 1.165) is 37.5 Å². The molecule has 0 spiro atoms. The van der Waals surface area contributed by atoms with E-state index in [2.05, 4.69) is 4.72 Å². The highest BCUT2D eigenvalue weighted by atomic mass is 32.2. The maximum Gasteiger partial charge on any atom is 0.416 e. The average molecular weight is 487 g/mol. The van der Waals surface area contributed by atoms with Crippen LogP contribution >= 0.6 is 0 Å². The van der Waals surface area contributed by atoms with E-state index in [1.165, 1.54) is 25.3 Å². The molecule has 11 heteroatoms. The zero-order chi connectivity index (χ0) is 24.6. The smallest absolute Gasteiger partial charge is 0.416 e. The van der Waals surface area contributed by atoms with Crippen LogP contribution in [0.5, 0.6) is 5.75 Å². The van der Waals surface area contributed by atoms with Gasteiger partial charge in [-0.05, 0) is 69.5 Å². The first-order valence-corrected chi connectivity index (χ1v) is 11.7. The minimum atomic E-state index is -4.68. The van der Waals surface area contributed by atoms with Crippen LogP contribution in [0.25, 0.3) is 0 Å². The molecule has 2 N–H and O–H groups in total. The Labute approximate surface area is 190 Å². The van der Waals surface area contributed by atoms with Crippen molar-refractivity contribution in [3.8, 4) is 5.75 Å². The molecule has 180 valence electrons. The van der Waals surface area contributed by atoms with E-state index >= 15 is 0 Å². The molecule has 0 bridgehead atoms. The highest BCUT2D eigenvalue weighted by molar-refractivity contribution is 7.92. The molecule has 0 unspecified atom stereocenters. The number of rotatable bonds is 6. The Morgan fingerprint density at radius 2 is 1.85 bits per heavy atom. The highest BCUT2D eigenvalue weighted by Crippen LogP contribution is 2.41. The molecule has 2 aromatic carbocycles. The molecule has 1 heterocycles. The zero-order valence-electron chi connectivity index (χ0n) is 18.4. The number of sulfonamides is 1. The minimum Gasteiger partial charge on any atom is -0.495 e. The van der Waals surface area contributed by atoms with Crippen molar-refractivity contribution in [3.63, 3.8) is 0 Å². The number of hydrogen-bond acceptors (Lipinski definition) is 5. The van der Waals surface area contributed by atoms with E-state index < -0.39 is 38.2 Å². The Hall–Kier alpha value is -2.95. The number of carboxylic acids is 1. The molecule has 33 heavy (non-hydrogen) atoms. The third-order valence-corrected chi connectivity index (χ3v) is 7.10. The number of halogens is 3. The SMILES string of the molecule is COc1ccc(C(=O)O)cc1S(=O)(=O)Nc1cc(C(F)(F)F)ccc1N1CCCCC1(C)C. The Bertz CT molecular complexity index is 1160. The predicted octanol–water partition coefficient (Wildman–Crippen LogP) is 4.98. The number of nitrogens with zero attached hydrogens (tertiary/aromatic N) is 1. The quantitative estimate of drug-likeness (QED) is 0.598. The van der Waals surface area contributed by atoms with Crippen molar-refractivity contribution in [1.29, 1.82) is 0 Å². The molecule has 0 saturated carbocycles. The van der Waals surface area contributed by atoms with Crippen molar-refractivity contribution in [2.45, 2.75) is 49.7 Å². The first kappa shape index (κ1) is 24.7. The molecule has 2 aromatic rings. The number of methoxy groups -OCH3 is 1. The molecule has 0 amide bonds. The summed E-state index contributed by atoms with van der Waals surface area (Å²) in [6.07, 6.45) is -2.14. The van der Waals surface area contributed by atoms with E-state index in [4.69, 9.17) is 4.74 Å². The van der Waals surface area contributed by atoms with Crippen molar-refractivity contribution in [3.05, 3.63) is 47.5 Å². The predicted molar refractivity (Wildman–Crippen MR) is 117 cm³/mol. The van der Waals surface area contributed by atoms with Gasteiger partial charge in [-0.3, -0.25) is 4.72 Å². The summed E-state index contributed by atoms with van der Waals surface area (Å²) in [4.78, 5) is 12.7. The average Bonchev–Trinajstić information content (AvgIpc) is 2.72. The van der Waals surface area contributed by atoms with Crippen LogP contribution in [-0.2, 0) is 16.2 Å². The summed E-state index contributed by atoms with van der Waals surface area (Å²) in [5.41, 5.74) is -1.66. The Morgan fingerprint density at radius 3 is 2.42 bits per heavy atom. The summed E-state index contributed by atoms with van der Waals surface area (Å²) in [6, 6.07) is 6.19. The third kappa shape index (κ3) is 5.18. The van der Waals surface area contributed by atoms with E-state index in [-0.39, 0.29) is 17.0 Å². The molecule has 0 atom stereocenters. The lowest BCUT2D eigenvalue weighted by atomic mass is 9.89. The van der Waals surface area contributed by atoms with Gasteiger partial charge < -0.3 is 14.7 Å². The van der Waals surface area contributed by atoms with Crippen molar-refractivity contribution >= 4 is 27.4 Å². The molecule has 7 nitrogen and oxygen atoms in total. The molecule has 0 aromatic heterocycles. The normalized spacial score (nSPS) is 16.4. The number of hydrogen-bond donors (Lipinski definition) is 2. The molecule has 1 aliphatic rings. The molecule has 0 aliphatic carbocycles. The van der Waals surface area contributed by atoms with Gasteiger partial charge in [0.25, 0.3) is 10.0 Å². The van der Waals surface area contributed by atoms with Crippen molar-refractivity contribution in [2.75, 3.05) is 23.3 Å². The van der Waals surface area contributed by atoms with Crippen LogP contribution in [0.15, 0.2) is 41.3 Å². The Kier molecular flexibility index (Phi) is 6.56. The standard InChI is InChI=1S/C22H25F3N2O5S/c1-21(2)10-4-5-11-27(21)17-8-7-15(22(23,24)25)13-16(17)26-33(30,31)19-12-14(20(28)29)6-9-18(19)32-3/h6-9,12-13,26H,4-5,10-11H2,1-3H3,(H,28,29). The monoisotopic (exact) mass is 486 g/mol. The minimum absolute atomic E-state index is 0.140. The Balaban J connectivity index is 2.15. The number of piperidine rings is 1. The van der Waals surface area contributed by atoms with Crippen molar-refractivity contribution < 1.29 is 36.2 Å². The summed E-state index contributed by atoms with van der Waals surface area (Å²) >= 11 is 0. The van der Waals surface area contributed by atoms with Crippen LogP contribution in [0.3, 0.4) is 0 Å². The largest absolute Gasteiger partial charge is 0.495 e. The first-order chi connectivity index (χ1) is 15.3. The van der Waals surface area contributed by atoms with Crippen LogP contribution < -0.4 is 14.4 Å². The summed E-state index contributed by atoms with van der Waals surface area (Å²) < 4.78 is 74.1. The lowest BCUT2D eigenvalue weighted by Gasteiger charge is -2.45. The highest BCUT2D eigenvalue weighted by Gasteiger charge is 2.35. The van der Waals surface area contributed by atoms with Gasteiger partial charge in [0.2, 0.25) is 0 Å². The second-order valence-electron chi connectivity index (χ2n) is 8.43. The summed E-state index contributed by atoms with van der Waals surface area (Å²) in [6.45, 7) is 4.44. The second-order valence-corrected chi connectivity index (χ2v) is 10.1. The van der Waals surface area contributed by atoms with Crippen LogP contribution in [-0.4, -0.2) is 38.7 Å². The van der Waals surface area contributed by atoms with E-state index in [1.807, 2.05) is 18.7 Å². The van der Waals surface area contributed by atoms with E-state index in [0.29, 0.717) is 12.2 Å². The van der Waals surface area contributed by atoms with Crippen LogP contribution in [0.1, 0.15) is 49.0 Å². The lowest BCUT2D eigenvalue weighted by Crippen LogP contribution is -2.48. The Morgan fingerprint density at radius 1 is 1.15 bits per heavy atom. The molecule has 1 aliphatic heterocycles. The van der Waals surface area contributed by atoms with E-state index in [1.54, 1.807) is 0 Å². The fourth-order valence-corrected chi connectivity index (χ4v) is 5.22. The summed E-state index contributed by atoms with van der Waals surface area (Å²) in [5.74, 6) is -1.50. The number of nitrogens with one attached hydrogen (secondary N) is 1. The molecular weight excluding hydrogens is 461 g/mol. The summed E-state index contributed by atoms with van der Waals surface area (Å²) in [7, 11) is -3.30. The van der Waals surface area contributed by atoms with Gasteiger partial charge in [-0.1, -0.05) is 0 Å². The van der Waals surface area contributed by atoms with Gasteiger partial charge in [-0.25, -0.2) is 13.2 Å². The molecular formula is C22H25F3N2O5S. The molecule has 0 radical (unpaired) electrons. The van der Waals surface area contributed by atoms with Crippen molar-refractivity contribution in [2.24, 2.45) is 0 Å². The van der Waals surface area contributed by atoms with Gasteiger partial charge in [-0.15, -0.1) is 0 Å². The zero-order valence-corrected chi connectivity index (χ0v) is 19.2. The lowest BCUT2D eigenvalue weighted by molar-refractivity contribution is -0.137. The van der Waals surface area contributed by atoms with Crippen LogP contribution in [0.2, 0.25) is 0 Å². The number of benzene rings is 2.